The van der Waals surface area contributed by atoms with Gasteiger partial charge in [-0.05, 0) is 45.7 Å². The van der Waals surface area contributed by atoms with Gasteiger partial charge in [0.1, 0.15) is 23.6 Å². The van der Waals surface area contributed by atoms with Crippen molar-refractivity contribution in [2.45, 2.75) is 36.0 Å². The lowest BCUT2D eigenvalue weighted by Crippen LogP contribution is -2.59. The first-order valence-corrected chi connectivity index (χ1v) is 13.7. The molecule has 0 atom stereocenters. The second-order valence-electron chi connectivity index (χ2n) is 8.80. The molecule has 5 aromatic rings. The number of aromatic amines is 1. The molecule has 1 aromatic carbocycles. The van der Waals surface area contributed by atoms with Crippen LogP contribution in [0.25, 0.3) is 22.2 Å². The van der Waals surface area contributed by atoms with E-state index in [4.69, 9.17) is 14.7 Å². The highest BCUT2D eigenvalue weighted by Crippen LogP contribution is 2.38. The number of hydrogen-bond donors (Lipinski definition) is 2. The number of amides is 1. The highest BCUT2D eigenvalue weighted by atomic mass is 79.9. The molecular weight excluding hydrogens is 568 g/mol. The molecule has 10 nitrogen and oxygen atoms in total. The predicted octanol–water partition coefficient (Wildman–Crippen LogP) is 4.89. The molecule has 1 aliphatic heterocycles. The Hall–Kier alpha value is -3.77. The van der Waals surface area contributed by atoms with E-state index in [0.717, 1.165) is 43.9 Å². The van der Waals surface area contributed by atoms with Crippen LogP contribution in [0.1, 0.15) is 18.2 Å². The minimum absolute atomic E-state index is 0.0361. The minimum Gasteiger partial charge on any atom is -0.445 e. The molecule has 0 aliphatic carbocycles. The third-order valence-electron chi connectivity index (χ3n) is 6.20. The molecule has 0 bridgehead atoms. The van der Waals surface area contributed by atoms with Crippen molar-refractivity contribution in [3.63, 3.8) is 0 Å². The van der Waals surface area contributed by atoms with Crippen molar-refractivity contribution < 1.29 is 9.53 Å². The summed E-state index contributed by atoms with van der Waals surface area (Å²) in [7, 11) is 0. The largest absolute Gasteiger partial charge is 0.445 e. The highest BCUT2D eigenvalue weighted by molar-refractivity contribution is 9.10. The summed E-state index contributed by atoms with van der Waals surface area (Å²) in [4.78, 5) is 41.4. The first kappa shape index (κ1) is 24.6. The van der Waals surface area contributed by atoms with Crippen molar-refractivity contribution in [3.05, 3.63) is 70.7 Å². The van der Waals surface area contributed by atoms with Gasteiger partial charge in [-0.3, -0.25) is 4.98 Å². The van der Waals surface area contributed by atoms with Crippen LogP contribution in [-0.2, 0) is 17.8 Å². The van der Waals surface area contributed by atoms with Gasteiger partial charge >= 0.3 is 6.09 Å². The number of carbonyl (C=O) groups excluding carboxylic acids is 1. The van der Waals surface area contributed by atoms with Crippen LogP contribution in [0.2, 0.25) is 0 Å². The van der Waals surface area contributed by atoms with E-state index in [0.29, 0.717) is 29.4 Å². The van der Waals surface area contributed by atoms with E-state index in [9.17, 15) is 4.79 Å². The van der Waals surface area contributed by atoms with E-state index in [-0.39, 0.29) is 12.6 Å². The van der Waals surface area contributed by atoms with Crippen molar-refractivity contribution in [2.24, 2.45) is 0 Å². The van der Waals surface area contributed by atoms with Crippen molar-refractivity contribution in [2.75, 3.05) is 18.0 Å². The number of H-pyrrole nitrogens is 1. The first-order valence-electron chi connectivity index (χ1n) is 12.1. The molecule has 0 radical (unpaired) electrons. The van der Waals surface area contributed by atoms with Gasteiger partial charge < -0.3 is 19.9 Å². The Morgan fingerprint density at radius 1 is 1.18 bits per heavy atom. The molecule has 2 N–H and O–H groups in total. The Morgan fingerprint density at radius 3 is 2.82 bits per heavy atom. The van der Waals surface area contributed by atoms with Gasteiger partial charge in [0, 0.05) is 42.3 Å². The third kappa shape index (κ3) is 5.01. The van der Waals surface area contributed by atoms with Gasteiger partial charge in [-0.15, -0.1) is 0 Å². The summed E-state index contributed by atoms with van der Waals surface area (Å²) in [6.45, 7) is 3.55. The Labute approximate surface area is 230 Å². The van der Waals surface area contributed by atoms with Gasteiger partial charge in [0.2, 0.25) is 0 Å². The van der Waals surface area contributed by atoms with E-state index in [2.05, 4.69) is 53.0 Å². The number of ether oxygens (including phenoxy) is 1. The molecule has 4 aromatic heterocycles. The van der Waals surface area contributed by atoms with E-state index >= 15 is 0 Å². The van der Waals surface area contributed by atoms with Crippen molar-refractivity contribution >= 4 is 61.8 Å². The second-order valence-corrected chi connectivity index (χ2v) is 10.6. The van der Waals surface area contributed by atoms with E-state index in [1.54, 1.807) is 18.6 Å². The number of halogens is 1. The number of alkyl carbamates (subject to hydrolysis) is 1. The zero-order chi connectivity index (χ0) is 26.1. The van der Waals surface area contributed by atoms with Gasteiger partial charge in [-0.2, -0.15) is 0 Å². The molecule has 1 saturated heterocycles. The lowest BCUT2D eigenvalue weighted by molar-refractivity contribution is 0.133. The number of nitrogens with zero attached hydrogens (tertiary/aromatic N) is 6. The maximum absolute atomic E-state index is 12.3. The molecular formula is C26H23BrN8O2S. The summed E-state index contributed by atoms with van der Waals surface area (Å²) in [6.07, 6.45) is 5.42. The number of fused-ring (bicyclic) bond motifs is 2. The summed E-state index contributed by atoms with van der Waals surface area (Å²) >= 11 is 5.16. The summed E-state index contributed by atoms with van der Waals surface area (Å²) in [5, 5.41) is 4.46. The molecule has 1 fully saturated rings. The number of pyridine rings is 1. The highest BCUT2D eigenvalue weighted by Gasteiger charge is 2.32. The van der Waals surface area contributed by atoms with E-state index in [1.165, 1.54) is 11.8 Å². The first-order chi connectivity index (χ1) is 18.6. The van der Waals surface area contributed by atoms with Crippen LogP contribution < -0.4 is 10.2 Å². The molecule has 1 aliphatic rings. The van der Waals surface area contributed by atoms with Crippen LogP contribution in [0.15, 0.2) is 69.5 Å². The molecule has 1 amide bonds. The lowest BCUT2D eigenvalue weighted by atomic mass is 10.1. The normalized spacial score (nSPS) is 13.6. The quantitative estimate of drug-likeness (QED) is 0.255. The topological polar surface area (TPSA) is 122 Å². The molecule has 38 heavy (non-hydrogen) atoms. The standard InChI is InChI=1S/C26H23BrN8O2S/c1-2-18-21(27)20-23(32-18)33-25(38-17-10-19-22(30-11-17)29-9-8-28-19)34-24(20)35-12-16(13-35)31-26(36)37-14-15-6-4-3-5-7-15/h3-11,16H,2,12-14H2,1H3,(H,31,36)(H,32,33,34). The maximum atomic E-state index is 12.3. The second kappa shape index (κ2) is 10.5. The average molecular weight is 591 g/mol. The van der Waals surface area contributed by atoms with Gasteiger partial charge in [-0.25, -0.2) is 24.7 Å². The monoisotopic (exact) mass is 590 g/mol. The number of benzene rings is 1. The Kier molecular flexibility index (Phi) is 6.81. The molecule has 192 valence electrons. The SMILES string of the molecule is CCc1[nH]c2nc(Sc3cnc4nccnc4c3)nc(N3CC(NC(=O)OCc4ccccc4)C3)c2c1Br. The van der Waals surface area contributed by atoms with Crippen LogP contribution in [0.3, 0.4) is 0 Å². The zero-order valence-corrected chi connectivity index (χ0v) is 22.8. The molecule has 12 heteroatoms. The van der Waals surface area contributed by atoms with Crippen molar-refractivity contribution in [3.8, 4) is 0 Å². The third-order valence-corrected chi connectivity index (χ3v) is 7.90. The Balaban J connectivity index is 1.20. The summed E-state index contributed by atoms with van der Waals surface area (Å²) < 4.78 is 6.33. The summed E-state index contributed by atoms with van der Waals surface area (Å²) in [5.74, 6) is 0.810. The van der Waals surface area contributed by atoms with Crippen LogP contribution in [0.4, 0.5) is 10.6 Å². The lowest BCUT2D eigenvalue weighted by Gasteiger charge is -2.40. The molecule has 5 heterocycles. The number of carbonyl (C=O) groups is 1. The number of rotatable bonds is 7. The van der Waals surface area contributed by atoms with Crippen LogP contribution >= 0.6 is 27.7 Å². The fourth-order valence-electron chi connectivity index (χ4n) is 4.26. The van der Waals surface area contributed by atoms with E-state index in [1.807, 2.05) is 36.4 Å². The molecule has 0 unspecified atom stereocenters. The molecule has 0 spiro atoms. The molecule has 6 rings (SSSR count). The summed E-state index contributed by atoms with van der Waals surface area (Å²) in [5.41, 5.74) is 4.07. The summed E-state index contributed by atoms with van der Waals surface area (Å²) in [6, 6.07) is 11.5. The van der Waals surface area contributed by atoms with Crippen molar-refractivity contribution in [1.82, 2.24) is 35.2 Å². The van der Waals surface area contributed by atoms with Gasteiger partial charge in [-0.1, -0.05) is 37.3 Å². The fourth-order valence-corrected chi connectivity index (χ4v) is 5.76. The van der Waals surface area contributed by atoms with Gasteiger partial charge in [0.05, 0.1) is 15.9 Å². The zero-order valence-electron chi connectivity index (χ0n) is 20.4. The van der Waals surface area contributed by atoms with Gasteiger partial charge in [0.15, 0.2) is 10.8 Å². The predicted molar refractivity (Wildman–Crippen MR) is 148 cm³/mol. The van der Waals surface area contributed by atoms with Crippen LogP contribution in [0, 0.1) is 0 Å². The number of aryl methyl sites for hydroxylation is 1. The number of anilines is 1. The van der Waals surface area contributed by atoms with E-state index < -0.39 is 6.09 Å². The Morgan fingerprint density at radius 2 is 2.00 bits per heavy atom. The average Bonchev–Trinajstić information content (AvgIpc) is 3.24. The van der Waals surface area contributed by atoms with Gasteiger partial charge in [0.25, 0.3) is 0 Å². The van der Waals surface area contributed by atoms with Crippen LogP contribution in [0.5, 0.6) is 0 Å². The van der Waals surface area contributed by atoms with Crippen molar-refractivity contribution in [1.29, 1.82) is 0 Å². The fraction of sp³-hybridized carbons (Fsp3) is 0.231. The maximum Gasteiger partial charge on any atom is 0.407 e. The smallest absolute Gasteiger partial charge is 0.407 e. The Bertz CT molecular complexity index is 1620. The number of hydrogen-bond acceptors (Lipinski definition) is 9. The molecule has 0 saturated carbocycles. The van der Waals surface area contributed by atoms with Crippen LogP contribution in [-0.4, -0.2) is 55.1 Å². The number of nitrogens with one attached hydrogen (secondary N) is 2. The number of aromatic nitrogens is 6. The minimum atomic E-state index is -0.425.